The second-order valence-electron chi connectivity index (χ2n) is 26.9. The van der Waals surface area contributed by atoms with Crippen molar-refractivity contribution in [3.05, 3.63) is 34.9 Å². The third-order valence-electron chi connectivity index (χ3n) is 18.6. The summed E-state index contributed by atoms with van der Waals surface area (Å²) in [6, 6.07) is 6.00. The second-order valence-corrected chi connectivity index (χ2v) is 30.7. The summed E-state index contributed by atoms with van der Waals surface area (Å²) < 4.78 is 49.8. The number of Topliss-reactive ketones (excluding diaryl/α,β-unsaturated/α-hetero) is 4. The fourth-order valence-corrected chi connectivity index (χ4v) is 17.6. The van der Waals surface area contributed by atoms with Crippen LogP contribution in [0.1, 0.15) is 205 Å². The molecule has 0 aliphatic carbocycles. The first-order valence-electron chi connectivity index (χ1n) is 38.4. The molecule has 6 aliphatic heterocycles. The van der Waals surface area contributed by atoms with Crippen LogP contribution in [0.15, 0.2) is 18.2 Å². The van der Waals surface area contributed by atoms with E-state index in [1.54, 1.807) is 18.2 Å². The highest BCUT2D eigenvalue weighted by Crippen LogP contribution is 2.36. The molecule has 0 bridgehead atoms. The first-order valence-corrected chi connectivity index (χ1v) is 41.5. The number of benzene rings is 1. The van der Waals surface area contributed by atoms with Crippen LogP contribution in [0.4, 0.5) is 14.4 Å². The summed E-state index contributed by atoms with van der Waals surface area (Å²) in [6.07, 6.45) is 19.1. The molecule has 0 aromatic heterocycles. The molecule has 6 aliphatic rings. The lowest BCUT2D eigenvalue weighted by molar-refractivity contribution is -0.121. The number of nitrogens with one attached hydrogen (secondary N) is 8. The van der Waals surface area contributed by atoms with E-state index < -0.39 is 0 Å². The monoisotopic (exact) mass is 1510 g/mol. The molecular formula is C74H122N8O18S3. The van der Waals surface area contributed by atoms with Gasteiger partial charge < -0.3 is 85.2 Å². The summed E-state index contributed by atoms with van der Waals surface area (Å²) in [4.78, 5) is 110. The van der Waals surface area contributed by atoms with Gasteiger partial charge in [-0.05, 0) is 121 Å². The fraction of sp³-hybridized carbons (Fsp3) is 0.797. The average molecular weight is 1510 g/mol. The van der Waals surface area contributed by atoms with Gasteiger partial charge in [-0.3, -0.25) is 28.8 Å². The van der Waals surface area contributed by atoms with Crippen molar-refractivity contribution in [2.24, 2.45) is 0 Å². The van der Waals surface area contributed by atoms with Gasteiger partial charge in [-0.1, -0.05) is 26.2 Å². The molecule has 9 atom stereocenters. The van der Waals surface area contributed by atoms with Crippen LogP contribution in [-0.4, -0.2) is 254 Å². The Labute approximate surface area is 623 Å². The van der Waals surface area contributed by atoms with Crippen molar-refractivity contribution in [2.75, 3.05) is 149 Å². The zero-order chi connectivity index (χ0) is 73.3. The molecule has 7 rings (SSSR count). The lowest BCUT2D eigenvalue weighted by atomic mass is 9.96. The first kappa shape index (κ1) is 87.3. The predicted molar refractivity (Wildman–Crippen MR) is 401 cm³/mol. The van der Waals surface area contributed by atoms with Crippen molar-refractivity contribution in [1.82, 2.24) is 42.5 Å². The molecule has 6 heterocycles. The van der Waals surface area contributed by atoms with Crippen molar-refractivity contribution >= 4 is 88.3 Å². The number of hydrogen-bond donors (Lipinski definition) is 8. The number of hydrogen-bond acceptors (Lipinski definition) is 21. The van der Waals surface area contributed by atoms with Gasteiger partial charge in [-0.2, -0.15) is 35.3 Å². The van der Waals surface area contributed by atoms with Gasteiger partial charge in [0, 0.05) is 147 Å². The van der Waals surface area contributed by atoms with Gasteiger partial charge in [0.25, 0.3) is 5.91 Å². The number of carbonyl (C=O) groups excluding carboxylic acids is 9. The summed E-state index contributed by atoms with van der Waals surface area (Å²) in [6.45, 7) is 14.1. The number of ketones is 4. The zero-order valence-electron chi connectivity index (χ0n) is 61.4. The Balaban J connectivity index is 0.000000495. The van der Waals surface area contributed by atoms with Crippen molar-refractivity contribution in [3.63, 3.8) is 0 Å². The number of unbranched alkanes of at least 4 members (excludes halogenated alkanes) is 6. The number of carbonyl (C=O) groups is 9. The molecule has 8 amide bonds. The molecule has 8 N–H and O–H groups in total. The van der Waals surface area contributed by atoms with Crippen LogP contribution >= 0.6 is 35.3 Å². The number of rotatable bonds is 62. The zero-order valence-corrected chi connectivity index (χ0v) is 63.9. The smallest absolute Gasteiger partial charge is 0.315 e. The Morgan fingerprint density at radius 2 is 0.680 bits per heavy atom. The normalized spacial score (nSPS) is 21.3. The Morgan fingerprint density at radius 3 is 1.07 bits per heavy atom. The summed E-state index contributed by atoms with van der Waals surface area (Å²) in [5.74, 6) is 3.01. The summed E-state index contributed by atoms with van der Waals surface area (Å²) in [5.41, 5.74) is 0.981. The molecule has 6 saturated heterocycles. The summed E-state index contributed by atoms with van der Waals surface area (Å²) >= 11 is 5.74. The number of fused-ring (bicyclic) bond motifs is 3. The maximum Gasteiger partial charge on any atom is 0.315 e. The maximum absolute atomic E-state index is 13.2. The minimum absolute atomic E-state index is 0.0337. The lowest BCUT2D eigenvalue weighted by Gasteiger charge is -2.16. The van der Waals surface area contributed by atoms with E-state index in [1.165, 1.54) is 0 Å². The van der Waals surface area contributed by atoms with Crippen LogP contribution in [0, 0.1) is 0 Å². The van der Waals surface area contributed by atoms with Crippen molar-refractivity contribution < 1.29 is 85.8 Å². The van der Waals surface area contributed by atoms with Crippen LogP contribution < -0.4 is 42.5 Å². The second kappa shape index (κ2) is 54.0. The van der Waals surface area contributed by atoms with E-state index >= 15 is 0 Å². The molecule has 26 nitrogen and oxygen atoms in total. The molecule has 9 unspecified atom stereocenters. The van der Waals surface area contributed by atoms with Gasteiger partial charge in [0.2, 0.25) is 5.91 Å². The van der Waals surface area contributed by atoms with Crippen molar-refractivity contribution in [1.29, 1.82) is 0 Å². The van der Waals surface area contributed by atoms with E-state index in [0.29, 0.717) is 228 Å². The van der Waals surface area contributed by atoms with Gasteiger partial charge in [0.1, 0.15) is 11.6 Å². The van der Waals surface area contributed by atoms with E-state index in [9.17, 15) is 43.2 Å². The molecular weight excluding hydrogens is 1390 g/mol. The standard InChI is InChI=1S/C54H86N6O13S2.C20H36N2O5S/c1-2-13-45(62)39-34-40(46(63)16-8-10-23-69-27-31-72-30-26-68-22-9-7-15-42(61)14-3-4-17-47-50-43(37-74-47)57-53(66)59-50)36-41(35-39)52(65)56-21-12-25-71-29-33-73-32-28-70-24-11-20-55-49(64)19-6-5-18-48-51-44(38-75-48)58-54(67)60-51;1-2-25-11-12-27-14-13-26-10-6-5-8-16(23)7-3-4-9-18-19-17(15-28-18)21-20(24)22-19/h34-36,43-44,47-48,50-51H,2-33,37-38H2,1H3,(H,55,64)(H,56,65)(H2,57,59,66)(H2,58,60,67);17-19H,2-15H2,1H3,(H2,21,22,24). The van der Waals surface area contributed by atoms with E-state index in [0.717, 1.165) is 114 Å². The van der Waals surface area contributed by atoms with Gasteiger partial charge in [-0.25, -0.2) is 14.4 Å². The highest BCUT2D eigenvalue weighted by molar-refractivity contribution is 8.00. The average Bonchev–Trinajstić information content (AvgIpc) is 1.72. The molecule has 584 valence electrons. The predicted octanol–water partition coefficient (Wildman–Crippen LogP) is 8.46. The Morgan fingerprint density at radius 1 is 0.359 bits per heavy atom. The Bertz CT molecular complexity index is 2540. The molecule has 29 heteroatoms. The van der Waals surface area contributed by atoms with E-state index in [4.69, 9.17) is 42.6 Å². The molecule has 0 spiro atoms. The van der Waals surface area contributed by atoms with E-state index in [2.05, 4.69) is 42.5 Å². The van der Waals surface area contributed by atoms with E-state index in [-0.39, 0.29) is 89.7 Å². The minimum atomic E-state index is -0.356. The fourth-order valence-electron chi connectivity index (χ4n) is 12.9. The van der Waals surface area contributed by atoms with Gasteiger partial charge >= 0.3 is 18.1 Å². The Hall–Kier alpha value is -4.66. The van der Waals surface area contributed by atoms with Crippen molar-refractivity contribution in [2.45, 2.75) is 226 Å². The molecule has 0 saturated carbocycles. The van der Waals surface area contributed by atoms with Gasteiger partial charge in [0.15, 0.2) is 11.6 Å². The third kappa shape index (κ3) is 36.7. The molecule has 103 heavy (non-hydrogen) atoms. The van der Waals surface area contributed by atoms with Crippen LogP contribution in [-0.2, 0) is 57.0 Å². The largest absolute Gasteiger partial charge is 0.379 e. The Kier molecular flexibility index (Phi) is 45.7. The highest BCUT2D eigenvalue weighted by atomic mass is 32.2. The molecule has 6 fully saturated rings. The lowest BCUT2D eigenvalue weighted by Crippen LogP contribution is -2.36. The summed E-state index contributed by atoms with van der Waals surface area (Å²) in [7, 11) is 0. The molecule has 1 aromatic carbocycles. The number of urea groups is 3. The number of amides is 8. The highest BCUT2D eigenvalue weighted by Gasteiger charge is 2.44. The maximum atomic E-state index is 13.2. The van der Waals surface area contributed by atoms with Crippen molar-refractivity contribution in [3.8, 4) is 0 Å². The van der Waals surface area contributed by atoms with Gasteiger partial charge in [-0.15, -0.1) is 0 Å². The number of thioether (sulfide) groups is 3. The third-order valence-corrected chi connectivity index (χ3v) is 23.1. The minimum Gasteiger partial charge on any atom is -0.379 e. The van der Waals surface area contributed by atoms with Crippen LogP contribution in [0.25, 0.3) is 0 Å². The van der Waals surface area contributed by atoms with Crippen LogP contribution in [0.3, 0.4) is 0 Å². The topological polar surface area (TPSA) is 333 Å². The SMILES string of the molecule is CCCC(=O)c1cc(C(=O)CCCCOCCOCCOCCCCC(=O)CCCCC2SCC3NC(=O)NC32)cc(C(=O)NCCCOCCOCCOCCCNC(=O)CCCCC2SCC3NC(=O)NC32)c1.CCOCCOCCOCCCCC(=O)CCCCC1SCC2NC(=O)NC21. The summed E-state index contributed by atoms with van der Waals surface area (Å²) in [5, 5.41) is 25.1. The van der Waals surface area contributed by atoms with Crippen LogP contribution in [0.5, 0.6) is 0 Å². The first-order chi connectivity index (χ1) is 50.3. The quantitative estimate of drug-likeness (QED) is 0.0172. The molecule has 1 aromatic rings. The van der Waals surface area contributed by atoms with E-state index in [1.807, 2.05) is 49.1 Å². The molecule has 0 radical (unpaired) electrons. The van der Waals surface area contributed by atoms with Crippen LogP contribution in [0.2, 0.25) is 0 Å². The number of ether oxygens (including phenoxy) is 9. The van der Waals surface area contributed by atoms with Gasteiger partial charge in [0.05, 0.1) is 116 Å².